The Morgan fingerprint density at radius 3 is 2.83 bits per heavy atom. The molecule has 3 aliphatic heterocycles. The van der Waals surface area contributed by atoms with E-state index in [0.29, 0.717) is 12.3 Å². The number of rotatable bonds is 7. The smallest absolute Gasteiger partial charge is 0.309 e. The van der Waals surface area contributed by atoms with Crippen molar-refractivity contribution >= 4 is 28.9 Å². The van der Waals surface area contributed by atoms with E-state index in [1.807, 2.05) is 73.7 Å². The van der Waals surface area contributed by atoms with Gasteiger partial charge in [0.15, 0.2) is 0 Å². The number of aromatic nitrogens is 1. The Labute approximate surface area is 211 Å². The Kier molecular flexibility index (Phi) is 6.86. The van der Waals surface area contributed by atoms with Gasteiger partial charge in [0.1, 0.15) is 5.82 Å². The number of fused-ring (bicyclic) bond motifs is 1. The summed E-state index contributed by atoms with van der Waals surface area (Å²) in [5, 5.41) is 14.5. The molecule has 1 fully saturated rings. The van der Waals surface area contributed by atoms with E-state index in [2.05, 4.69) is 21.7 Å². The summed E-state index contributed by atoms with van der Waals surface area (Å²) in [6.07, 6.45) is 11.4. The molecule has 36 heavy (non-hydrogen) atoms. The number of pyridine rings is 1. The van der Waals surface area contributed by atoms with Gasteiger partial charge in [-0.3, -0.25) is 15.2 Å². The van der Waals surface area contributed by atoms with Crippen LogP contribution in [0.15, 0.2) is 72.2 Å². The number of nitrogens with one attached hydrogen (secondary N) is 3. The van der Waals surface area contributed by atoms with Crippen molar-refractivity contribution in [3.8, 4) is 0 Å². The van der Waals surface area contributed by atoms with Crippen LogP contribution in [0.4, 0.5) is 17.2 Å². The number of carbonyl (C=O) groups excluding carboxylic acids is 1. The molecule has 0 spiro atoms. The molecule has 0 unspecified atom stereocenters. The molecule has 4 heterocycles. The third-order valence-electron chi connectivity index (χ3n) is 6.86. The van der Waals surface area contributed by atoms with Crippen molar-refractivity contribution in [3.63, 3.8) is 0 Å². The van der Waals surface area contributed by atoms with Crippen molar-refractivity contribution in [3.05, 3.63) is 83.4 Å². The van der Waals surface area contributed by atoms with Crippen LogP contribution in [0.1, 0.15) is 30.9 Å². The normalized spacial score (nSPS) is 17.4. The second kappa shape index (κ2) is 10.4. The molecule has 8 nitrogen and oxygen atoms in total. The molecule has 0 bridgehead atoms. The molecule has 0 amide bonds. The van der Waals surface area contributed by atoms with Crippen LogP contribution in [0.3, 0.4) is 0 Å². The van der Waals surface area contributed by atoms with Crippen LogP contribution in [0.2, 0.25) is 0 Å². The molecule has 1 aromatic carbocycles. The fourth-order valence-corrected chi connectivity index (χ4v) is 4.90. The molecule has 1 saturated heterocycles. The first kappa shape index (κ1) is 23.8. The molecule has 5 rings (SSSR count). The summed E-state index contributed by atoms with van der Waals surface area (Å²) in [6.45, 7) is 6.65. The zero-order valence-corrected chi connectivity index (χ0v) is 20.8. The maximum absolute atomic E-state index is 12.0. The zero-order valence-electron chi connectivity index (χ0n) is 20.8. The highest BCUT2D eigenvalue weighted by molar-refractivity contribution is 6.17. The van der Waals surface area contributed by atoms with Crippen LogP contribution in [0.25, 0.3) is 0 Å². The van der Waals surface area contributed by atoms with Gasteiger partial charge in [0.25, 0.3) is 0 Å². The number of allylic oxidation sites excluding steroid dienone is 3. The first-order valence-electron chi connectivity index (χ1n) is 12.5. The molecule has 0 aliphatic carbocycles. The van der Waals surface area contributed by atoms with Gasteiger partial charge < -0.3 is 15.0 Å². The largest absolute Gasteiger partial charge is 0.466 e. The van der Waals surface area contributed by atoms with Gasteiger partial charge >= 0.3 is 5.97 Å². The van der Waals surface area contributed by atoms with Crippen molar-refractivity contribution in [2.45, 2.75) is 26.7 Å². The third kappa shape index (κ3) is 4.77. The molecule has 0 atom stereocenters. The minimum Gasteiger partial charge on any atom is -0.466 e. The van der Waals surface area contributed by atoms with E-state index in [1.54, 1.807) is 0 Å². The number of hydrogen-bond acceptors (Lipinski definition) is 8. The van der Waals surface area contributed by atoms with E-state index in [9.17, 15) is 4.79 Å². The van der Waals surface area contributed by atoms with Crippen molar-refractivity contribution in [2.24, 2.45) is 5.92 Å². The number of carbonyl (C=O) groups is 1. The number of ether oxygens (including phenoxy) is 1. The van der Waals surface area contributed by atoms with Crippen LogP contribution in [-0.4, -0.2) is 47.9 Å². The lowest BCUT2D eigenvalue weighted by atomic mass is 9.95. The minimum atomic E-state index is -0.0857. The zero-order chi connectivity index (χ0) is 25.1. The van der Waals surface area contributed by atoms with Crippen LogP contribution in [0, 0.1) is 18.3 Å². The van der Waals surface area contributed by atoms with Crippen LogP contribution < -0.4 is 15.6 Å². The lowest BCUT2D eigenvalue weighted by Gasteiger charge is -2.31. The first-order chi connectivity index (χ1) is 17.5. The van der Waals surface area contributed by atoms with E-state index in [-0.39, 0.29) is 11.9 Å². The number of esters is 1. The van der Waals surface area contributed by atoms with Crippen LogP contribution in [-0.2, 0) is 9.53 Å². The summed E-state index contributed by atoms with van der Waals surface area (Å²) in [6, 6.07) is 10.1. The Hall–Kier alpha value is -3.91. The SMILES string of the molecule is CCOC(=O)C1CCN(c2ccc(Nc3c(C)cccc3C(=N)C3=CC=CN4NCC=C34)cn2)CC1. The van der Waals surface area contributed by atoms with Gasteiger partial charge in [-0.2, -0.15) is 0 Å². The molecule has 2 aromatic rings. The highest BCUT2D eigenvalue weighted by Gasteiger charge is 2.27. The van der Waals surface area contributed by atoms with E-state index in [1.165, 1.54) is 0 Å². The molecule has 3 aliphatic rings. The molecule has 1 aromatic heterocycles. The lowest BCUT2D eigenvalue weighted by molar-refractivity contribution is -0.148. The van der Waals surface area contributed by atoms with Gasteiger partial charge in [0.05, 0.1) is 41.5 Å². The average Bonchev–Trinajstić information content (AvgIpc) is 3.39. The first-order valence-corrected chi connectivity index (χ1v) is 12.5. The van der Waals surface area contributed by atoms with Gasteiger partial charge in [0, 0.05) is 37.0 Å². The molecular weight excluding hydrogens is 452 g/mol. The Morgan fingerprint density at radius 2 is 2.08 bits per heavy atom. The molecule has 0 radical (unpaired) electrons. The quantitative estimate of drug-likeness (QED) is 0.395. The van der Waals surface area contributed by atoms with Crippen molar-refractivity contribution in [1.29, 1.82) is 5.41 Å². The predicted octanol–water partition coefficient (Wildman–Crippen LogP) is 4.44. The van der Waals surface area contributed by atoms with E-state index in [4.69, 9.17) is 15.1 Å². The lowest BCUT2D eigenvalue weighted by Crippen LogP contribution is -2.37. The van der Waals surface area contributed by atoms with Gasteiger partial charge in [0.2, 0.25) is 0 Å². The topological polar surface area (TPSA) is 93.6 Å². The molecule has 186 valence electrons. The average molecular weight is 485 g/mol. The van der Waals surface area contributed by atoms with Crippen molar-refractivity contribution < 1.29 is 9.53 Å². The number of hydrazine groups is 1. The maximum Gasteiger partial charge on any atom is 0.309 e. The van der Waals surface area contributed by atoms with Gasteiger partial charge in [-0.1, -0.05) is 18.2 Å². The van der Waals surface area contributed by atoms with E-state index >= 15 is 0 Å². The summed E-state index contributed by atoms with van der Waals surface area (Å²) < 4.78 is 5.18. The predicted molar refractivity (Wildman–Crippen MR) is 142 cm³/mol. The highest BCUT2D eigenvalue weighted by Crippen LogP contribution is 2.32. The van der Waals surface area contributed by atoms with Crippen LogP contribution in [0.5, 0.6) is 0 Å². The number of aryl methyl sites for hydroxylation is 1. The van der Waals surface area contributed by atoms with Gasteiger partial charge in [-0.15, -0.1) is 0 Å². The van der Waals surface area contributed by atoms with Crippen molar-refractivity contribution in [1.82, 2.24) is 15.4 Å². The fourth-order valence-electron chi connectivity index (χ4n) is 4.90. The summed E-state index contributed by atoms with van der Waals surface area (Å²) in [7, 11) is 0. The highest BCUT2D eigenvalue weighted by atomic mass is 16.5. The standard InChI is InChI=1S/C28H32N6O2/c1-3-36-28(35)20-12-16-33(17-13-20)25-10-9-21(18-30-25)32-27-19(2)6-4-7-23(27)26(29)22-8-5-15-34-24(22)11-14-31-34/h4-11,15,18,20,29,31-32H,3,12-14,16-17H2,1-2H3. The van der Waals surface area contributed by atoms with Crippen LogP contribution >= 0.6 is 0 Å². The molecule has 0 saturated carbocycles. The fraction of sp³-hybridized carbons (Fsp3) is 0.321. The minimum absolute atomic E-state index is 0.0189. The second-order valence-corrected chi connectivity index (χ2v) is 9.16. The second-order valence-electron chi connectivity index (χ2n) is 9.16. The van der Waals surface area contributed by atoms with Gasteiger partial charge in [-0.05, 0) is 62.6 Å². The number of para-hydroxylation sites is 1. The monoisotopic (exact) mass is 484 g/mol. The van der Waals surface area contributed by atoms with E-state index in [0.717, 1.165) is 72.1 Å². The van der Waals surface area contributed by atoms with E-state index < -0.39 is 0 Å². The number of anilines is 3. The number of nitrogens with zero attached hydrogens (tertiary/aromatic N) is 3. The third-order valence-corrected chi connectivity index (χ3v) is 6.86. The maximum atomic E-state index is 12.0. The number of hydrogen-bond donors (Lipinski definition) is 3. The Bertz CT molecular complexity index is 1240. The molecule has 3 N–H and O–H groups in total. The molecule has 8 heteroatoms. The number of benzene rings is 1. The summed E-state index contributed by atoms with van der Waals surface area (Å²) in [5.41, 5.74) is 9.31. The molecular formula is C28H32N6O2. The van der Waals surface area contributed by atoms with Crippen molar-refractivity contribution in [2.75, 3.05) is 36.5 Å². The summed E-state index contributed by atoms with van der Waals surface area (Å²) in [5.74, 6) is 0.799. The Morgan fingerprint density at radius 1 is 1.25 bits per heavy atom. The summed E-state index contributed by atoms with van der Waals surface area (Å²) in [4.78, 5) is 18.9. The summed E-state index contributed by atoms with van der Waals surface area (Å²) >= 11 is 0. The van der Waals surface area contributed by atoms with Gasteiger partial charge in [-0.25, -0.2) is 10.4 Å². The Balaban J connectivity index is 1.30. The number of piperidine rings is 1.